The molecule has 4 rings (SSSR count). The molecule has 0 heterocycles. The van der Waals surface area contributed by atoms with E-state index >= 15 is 0 Å². The molecule has 0 saturated heterocycles. The molecule has 38 heavy (non-hydrogen) atoms. The average Bonchev–Trinajstić information content (AvgIpc) is 2.88. The van der Waals surface area contributed by atoms with E-state index in [0.29, 0.717) is 28.3 Å². The largest absolute Gasteiger partial charge is 0.478 e. The summed E-state index contributed by atoms with van der Waals surface area (Å²) in [6.07, 6.45) is 0.0756. The first-order chi connectivity index (χ1) is 18.0. The lowest BCUT2D eigenvalue weighted by Crippen LogP contribution is -2.17. The lowest BCUT2D eigenvalue weighted by molar-refractivity contribution is -0.138. The molecule has 0 spiro atoms. The number of hydrogen-bond acceptors (Lipinski definition) is 1. The molecule has 0 fully saturated rings. The van der Waals surface area contributed by atoms with E-state index in [0.717, 1.165) is 23.3 Å². The van der Waals surface area contributed by atoms with Gasteiger partial charge in [0.1, 0.15) is 5.82 Å². The fraction of sp³-hybridized carbons (Fsp3) is 0.219. The number of benzene rings is 3. The molecule has 0 amide bonds. The minimum atomic E-state index is -4.74. The third kappa shape index (κ3) is 5.49. The summed E-state index contributed by atoms with van der Waals surface area (Å²) in [4.78, 5) is 10.9. The highest BCUT2D eigenvalue weighted by molar-refractivity contribution is 6.02. The summed E-state index contributed by atoms with van der Waals surface area (Å²) in [5, 5.41) is 8.94. The van der Waals surface area contributed by atoms with Gasteiger partial charge in [-0.2, -0.15) is 13.2 Å². The van der Waals surface area contributed by atoms with Crippen molar-refractivity contribution in [1.29, 1.82) is 0 Å². The van der Waals surface area contributed by atoms with Crippen LogP contribution in [0, 0.1) is 11.7 Å². The second-order valence-corrected chi connectivity index (χ2v) is 9.49. The third-order valence-corrected chi connectivity index (χ3v) is 7.21. The molecule has 0 saturated carbocycles. The van der Waals surface area contributed by atoms with Crippen molar-refractivity contribution in [2.24, 2.45) is 5.92 Å². The zero-order valence-corrected chi connectivity index (χ0v) is 21.3. The monoisotopic (exact) mass is 520 g/mol. The van der Waals surface area contributed by atoms with Crippen LogP contribution in [0.25, 0.3) is 23.3 Å². The molecule has 2 atom stereocenters. The summed E-state index contributed by atoms with van der Waals surface area (Å²) in [5.74, 6) is -1.91. The second-order valence-electron chi connectivity index (χ2n) is 9.49. The zero-order chi connectivity index (χ0) is 27.6. The van der Waals surface area contributed by atoms with Crippen molar-refractivity contribution in [1.82, 2.24) is 0 Å². The van der Waals surface area contributed by atoms with Crippen LogP contribution in [0.3, 0.4) is 0 Å². The van der Waals surface area contributed by atoms with Gasteiger partial charge in [0.25, 0.3) is 0 Å². The first-order valence-corrected chi connectivity index (χ1v) is 12.4. The van der Waals surface area contributed by atoms with Gasteiger partial charge in [-0.15, -0.1) is 0 Å². The van der Waals surface area contributed by atoms with Gasteiger partial charge in [0.05, 0.1) is 5.56 Å². The molecule has 6 heteroatoms. The summed E-state index contributed by atoms with van der Waals surface area (Å²) in [6, 6.07) is 17.9. The van der Waals surface area contributed by atoms with Gasteiger partial charge < -0.3 is 5.11 Å². The Morgan fingerprint density at radius 2 is 1.66 bits per heavy atom. The van der Waals surface area contributed by atoms with E-state index in [1.54, 1.807) is 31.2 Å². The van der Waals surface area contributed by atoms with Crippen molar-refractivity contribution >= 4 is 29.3 Å². The molecular formula is C32H28F4O2. The molecule has 1 aliphatic carbocycles. The zero-order valence-electron chi connectivity index (χ0n) is 21.3. The fourth-order valence-corrected chi connectivity index (χ4v) is 5.15. The molecule has 0 radical (unpaired) electrons. The van der Waals surface area contributed by atoms with E-state index in [2.05, 4.69) is 19.9 Å². The van der Waals surface area contributed by atoms with Gasteiger partial charge >= 0.3 is 12.1 Å². The molecule has 1 aliphatic rings. The highest BCUT2D eigenvalue weighted by Gasteiger charge is 2.36. The summed E-state index contributed by atoms with van der Waals surface area (Å²) < 4.78 is 56.3. The second kappa shape index (κ2) is 10.8. The molecule has 3 aromatic carbocycles. The fourth-order valence-electron chi connectivity index (χ4n) is 5.15. The number of allylic oxidation sites excluding steroid dienone is 3. The van der Waals surface area contributed by atoms with E-state index in [1.165, 1.54) is 17.7 Å². The highest BCUT2D eigenvalue weighted by atomic mass is 19.4. The molecule has 0 aliphatic heterocycles. The number of carbonyl (C=O) groups is 1. The van der Waals surface area contributed by atoms with Gasteiger partial charge in [-0.05, 0) is 81.0 Å². The Kier molecular flexibility index (Phi) is 7.72. The molecule has 0 aromatic heterocycles. The van der Waals surface area contributed by atoms with Crippen molar-refractivity contribution in [3.8, 4) is 0 Å². The quantitative estimate of drug-likeness (QED) is 0.200. The predicted octanol–water partition coefficient (Wildman–Crippen LogP) is 9.10. The number of alkyl halides is 3. The maximum absolute atomic E-state index is 14.1. The lowest BCUT2D eigenvalue weighted by atomic mass is 9.71. The maximum atomic E-state index is 14.1. The van der Waals surface area contributed by atoms with Gasteiger partial charge in [0.15, 0.2) is 0 Å². The van der Waals surface area contributed by atoms with E-state index < -0.39 is 23.5 Å². The Labute approximate surface area is 219 Å². The van der Waals surface area contributed by atoms with Crippen LogP contribution in [-0.2, 0) is 11.0 Å². The Morgan fingerprint density at radius 1 is 0.974 bits per heavy atom. The summed E-state index contributed by atoms with van der Waals surface area (Å²) in [5.41, 5.74) is 4.52. The Morgan fingerprint density at radius 3 is 2.29 bits per heavy atom. The van der Waals surface area contributed by atoms with Crippen molar-refractivity contribution in [2.45, 2.75) is 39.3 Å². The van der Waals surface area contributed by atoms with Gasteiger partial charge in [0.2, 0.25) is 0 Å². The van der Waals surface area contributed by atoms with Gasteiger partial charge in [-0.3, -0.25) is 0 Å². The molecule has 1 unspecified atom stereocenters. The minimum Gasteiger partial charge on any atom is -0.478 e. The van der Waals surface area contributed by atoms with E-state index in [1.807, 2.05) is 24.3 Å². The van der Waals surface area contributed by atoms with Crippen molar-refractivity contribution in [3.63, 3.8) is 0 Å². The van der Waals surface area contributed by atoms with E-state index in [-0.39, 0.29) is 23.8 Å². The summed E-state index contributed by atoms with van der Waals surface area (Å²) in [7, 11) is 0. The molecular weight excluding hydrogens is 492 g/mol. The summed E-state index contributed by atoms with van der Waals surface area (Å²) >= 11 is 0. The third-order valence-electron chi connectivity index (χ3n) is 7.21. The Hall–Kier alpha value is -3.93. The summed E-state index contributed by atoms with van der Waals surface area (Å²) in [6.45, 7) is 5.98. The van der Waals surface area contributed by atoms with E-state index in [4.69, 9.17) is 5.11 Å². The van der Waals surface area contributed by atoms with Crippen LogP contribution >= 0.6 is 0 Å². The standard InChI is InChI=1S/C32H28F4O2/c1-4-25(27-15-14-24(33)18-29(27)32(34,35)36)31(22-12-9-21(10-13-22)11-16-30(37)38)28-17-23-7-5-6-8-26(23)19(2)20(28)3/h5-20H,4H2,1-3H3,(H,37,38)/b16-11+,31-25+/t19-,20?/m0/s1. The average molecular weight is 521 g/mol. The number of carboxylic acid groups (broad SMARTS) is 1. The first kappa shape index (κ1) is 27.1. The van der Waals surface area contributed by atoms with Crippen LogP contribution in [0.2, 0.25) is 0 Å². The van der Waals surface area contributed by atoms with Crippen molar-refractivity contribution in [2.75, 3.05) is 0 Å². The van der Waals surface area contributed by atoms with Crippen LogP contribution in [-0.4, -0.2) is 11.1 Å². The Bertz CT molecular complexity index is 1440. The predicted molar refractivity (Wildman–Crippen MR) is 144 cm³/mol. The number of carboxylic acids is 1. The molecule has 0 bridgehead atoms. The van der Waals surface area contributed by atoms with Crippen LogP contribution in [0.4, 0.5) is 17.6 Å². The smallest absolute Gasteiger partial charge is 0.417 e. The number of halogens is 4. The van der Waals surface area contributed by atoms with Crippen LogP contribution in [0.15, 0.2) is 78.4 Å². The highest BCUT2D eigenvalue weighted by Crippen LogP contribution is 2.48. The number of aliphatic carboxylic acids is 1. The molecule has 196 valence electrons. The van der Waals surface area contributed by atoms with Gasteiger partial charge in [-0.1, -0.05) is 81.4 Å². The minimum absolute atomic E-state index is 0.0113. The van der Waals surface area contributed by atoms with Crippen LogP contribution < -0.4 is 0 Å². The topological polar surface area (TPSA) is 37.3 Å². The molecule has 1 N–H and O–H groups in total. The molecule has 2 nitrogen and oxygen atoms in total. The maximum Gasteiger partial charge on any atom is 0.417 e. The lowest BCUT2D eigenvalue weighted by Gasteiger charge is -2.33. The number of rotatable bonds is 6. The van der Waals surface area contributed by atoms with Gasteiger partial charge in [-0.25, -0.2) is 9.18 Å². The van der Waals surface area contributed by atoms with E-state index in [9.17, 15) is 22.4 Å². The van der Waals surface area contributed by atoms with Crippen LogP contribution in [0.1, 0.15) is 66.5 Å². The molecule has 3 aromatic rings. The Balaban J connectivity index is 2.03. The van der Waals surface area contributed by atoms with Crippen molar-refractivity contribution in [3.05, 3.63) is 118 Å². The SMILES string of the molecule is CC/C(=C(\C1=Cc2ccccc2[C@@H](C)C1C)c1ccc(/C=C/C(=O)O)cc1)c1ccc(F)cc1C(F)(F)F. The number of fused-ring (bicyclic) bond motifs is 1. The normalized spacial score (nSPS) is 18.1. The van der Waals surface area contributed by atoms with Gasteiger partial charge in [0, 0.05) is 6.08 Å². The number of hydrogen-bond donors (Lipinski definition) is 1. The van der Waals surface area contributed by atoms with Crippen LogP contribution in [0.5, 0.6) is 0 Å². The first-order valence-electron chi connectivity index (χ1n) is 12.4. The van der Waals surface area contributed by atoms with Crippen molar-refractivity contribution < 1.29 is 27.5 Å².